The number of anilines is 1. The molecule has 0 aliphatic carbocycles. The second-order valence-electron chi connectivity index (χ2n) is 7.78. The fourth-order valence-corrected chi connectivity index (χ4v) is 4.43. The quantitative estimate of drug-likeness (QED) is 0.858. The Bertz CT molecular complexity index is 892. The fourth-order valence-electron chi connectivity index (χ4n) is 4.30. The van der Waals surface area contributed by atoms with E-state index in [4.69, 9.17) is 17.3 Å². The Balaban J connectivity index is 1.42. The maximum atomic E-state index is 12.6. The van der Waals surface area contributed by atoms with Crippen LogP contribution in [-0.4, -0.2) is 41.3 Å². The van der Waals surface area contributed by atoms with E-state index < -0.39 is 5.91 Å². The van der Waals surface area contributed by atoms with Gasteiger partial charge in [-0.15, -0.1) is 0 Å². The van der Waals surface area contributed by atoms with Gasteiger partial charge in [-0.25, -0.2) is 4.98 Å². The molecule has 0 radical (unpaired) electrons. The number of carbonyl (C=O) groups is 2. The number of halogens is 1. The Labute approximate surface area is 169 Å². The van der Waals surface area contributed by atoms with Crippen LogP contribution in [0.5, 0.6) is 0 Å². The standard InChI is InChI=1S/C21H23ClN4O2/c22-16-5-3-15(4-6-16)13-26-14-21(12-18(26)27)7-10-25(11-8-21)20-17(19(23)28)2-1-9-24-20/h1-6,9H,7-8,10-14H2,(H2,23,28). The molecule has 0 saturated carbocycles. The van der Waals surface area contributed by atoms with Crippen LogP contribution in [0.25, 0.3) is 0 Å². The molecule has 2 aliphatic heterocycles. The summed E-state index contributed by atoms with van der Waals surface area (Å²) in [6.45, 7) is 2.92. The highest BCUT2D eigenvalue weighted by molar-refractivity contribution is 6.30. The molecule has 0 atom stereocenters. The number of aromatic nitrogens is 1. The molecule has 6 nitrogen and oxygen atoms in total. The van der Waals surface area contributed by atoms with Gasteiger partial charge in [0, 0.05) is 49.2 Å². The van der Waals surface area contributed by atoms with E-state index in [9.17, 15) is 9.59 Å². The minimum atomic E-state index is -0.464. The molecule has 146 valence electrons. The van der Waals surface area contributed by atoms with Gasteiger partial charge in [-0.05, 0) is 42.7 Å². The number of pyridine rings is 1. The number of hydrogen-bond acceptors (Lipinski definition) is 4. The van der Waals surface area contributed by atoms with Crippen molar-refractivity contribution in [2.24, 2.45) is 11.1 Å². The summed E-state index contributed by atoms with van der Waals surface area (Å²) in [5, 5.41) is 0.699. The minimum absolute atomic E-state index is 0.00166. The molecule has 4 rings (SSSR count). The van der Waals surface area contributed by atoms with Gasteiger partial charge in [0.2, 0.25) is 5.91 Å². The lowest BCUT2D eigenvalue weighted by Crippen LogP contribution is -2.42. The molecule has 1 aromatic heterocycles. The average Bonchev–Trinajstić information content (AvgIpc) is 2.99. The van der Waals surface area contributed by atoms with Gasteiger partial charge in [-0.2, -0.15) is 0 Å². The first-order valence-corrected chi connectivity index (χ1v) is 9.86. The van der Waals surface area contributed by atoms with E-state index >= 15 is 0 Å². The summed E-state index contributed by atoms with van der Waals surface area (Å²) in [5.74, 6) is 0.389. The molecule has 1 spiro atoms. The van der Waals surface area contributed by atoms with Crippen LogP contribution in [-0.2, 0) is 11.3 Å². The first kappa shape index (κ1) is 18.7. The van der Waals surface area contributed by atoms with Gasteiger partial charge in [0.25, 0.3) is 5.91 Å². The summed E-state index contributed by atoms with van der Waals surface area (Å²) < 4.78 is 0. The minimum Gasteiger partial charge on any atom is -0.365 e. The number of nitrogens with zero attached hydrogens (tertiary/aromatic N) is 3. The third kappa shape index (κ3) is 3.69. The number of primary amides is 1. The lowest BCUT2D eigenvalue weighted by atomic mass is 9.77. The van der Waals surface area contributed by atoms with E-state index in [1.165, 1.54) is 0 Å². The fraction of sp³-hybridized carbons (Fsp3) is 0.381. The van der Waals surface area contributed by atoms with Gasteiger partial charge in [0.05, 0.1) is 5.56 Å². The Kier molecular flexibility index (Phi) is 4.98. The molecule has 7 heteroatoms. The van der Waals surface area contributed by atoms with Gasteiger partial charge in [0.15, 0.2) is 0 Å². The Morgan fingerprint density at radius 2 is 1.89 bits per heavy atom. The van der Waals surface area contributed by atoms with Crippen LogP contribution in [0.4, 0.5) is 5.82 Å². The average molecular weight is 399 g/mol. The van der Waals surface area contributed by atoms with Crippen molar-refractivity contribution in [3.05, 3.63) is 58.7 Å². The number of piperidine rings is 1. The van der Waals surface area contributed by atoms with E-state index in [2.05, 4.69) is 9.88 Å². The normalized spacial score (nSPS) is 18.7. The molecule has 2 N–H and O–H groups in total. The topological polar surface area (TPSA) is 79.5 Å². The molecule has 28 heavy (non-hydrogen) atoms. The van der Waals surface area contributed by atoms with Crippen molar-refractivity contribution in [1.29, 1.82) is 0 Å². The molecule has 2 saturated heterocycles. The SMILES string of the molecule is NC(=O)c1cccnc1N1CCC2(CC1)CC(=O)N(Cc1ccc(Cl)cc1)C2. The van der Waals surface area contributed by atoms with Crippen molar-refractivity contribution in [3.8, 4) is 0 Å². The van der Waals surface area contributed by atoms with Crippen molar-refractivity contribution in [3.63, 3.8) is 0 Å². The third-order valence-electron chi connectivity index (χ3n) is 5.87. The Morgan fingerprint density at radius 1 is 1.18 bits per heavy atom. The van der Waals surface area contributed by atoms with Crippen LogP contribution in [0.1, 0.15) is 35.2 Å². The first-order valence-electron chi connectivity index (χ1n) is 9.48. The van der Waals surface area contributed by atoms with Crippen LogP contribution in [0.2, 0.25) is 5.02 Å². The zero-order chi connectivity index (χ0) is 19.7. The summed E-state index contributed by atoms with van der Waals surface area (Å²) in [7, 11) is 0. The van der Waals surface area contributed by atoms with E-state index in [1.807, 2.05) is 29.2 Å². The van der Waals surface area contributed by atoms with E-state index in [0.717, 1.165) is 38.0 Å². The van der Waals surface area contributed by atoms with Gasteiger partial charge < -0.3 is 15.5 Å². The molecule has 2 aromatic rings. The maximum absolute atomic E-state index is 12.6. The monoisotopic (exact) mass is 398 g/mol. The van der Waals surface area contributed by atoms with Crippen LogP contribution in [0.15, 0.2) is 42.6 Å². The van der Waals surface area contributed by atoms with Gasteiger partial charge in [-0.1, -0.05) is 23.7 Å². The Morgan fingerprint density at radius 3 is 2.57 bits per heavy atom. The molecule has 0 unspecified atom stereocenters. The maximum Gasteiger partial charge on any atom is 0.252 e. The number of rotatable bonds is 4. The van der Waals surface area contributed by atoms with Crippen LogP contribution >= 0.6 is 11.6 Å². The molecule has 0 bridgehead atoms. The predicted octanol–water partition coefficient (Wildman–Crippen LogP) is 2.85. The highest BCUT2D eigenvalue weighted by atomic mass is 35.5. The second-order valence-corrected chi connectivity index (χ2v) is 8.22. The highest BCUT2D eigenvalue weighted by Gasteiger charge is 2.45. The summed E-state index contributed by atoms with van der Waals surface area (Å²) in [6.07, 6.45) is 4.05. The van der Waals surface area contributed by atoms with Crippen LogP contribution in [0, 0.1) is 5.41 Å². The number of likely N-dealkylation sites (tertiary alicyclic amines) is 1. The lowest BCUT2D eigenvalue weighted by Gasteiger charge is -2.39. The smallest absolute Gasteiger partial charge is 0.252 e. The number of carbonyl (C=O) groups excluding carboxylic acids is 2. The molecular formula is C21H23ClN4O2. The number of benzene rings is 1. The number of nitrogens with two attached hydrogens (primary N) is 1. The summed E-state index contributed by atoms with van der Waals surface area (Å²) >= 11 is 5.95. The van der Waals surface area contributed by atoms with Gasteiger partial charge in [0.1, 0.15) is 5.82 Å². The molecular weight excluding hydrogens is 376 g/mol. The van der Waals surface area contributed by atoms with Crippen LogP contribution < -0.4 is 10.6 Å². The van der Waals surface area contributed by atoms with Crippen molar-refractivity contribution in [1.82, 2.24) is 9.88 Å². The molecule has 2 aliphatic rings. The first-order chi connectivity index (χ1) is 13.5. The van der Waals surface area contributed by atoms with E-state index in [0.29, 0.717) is 29.4 Å². The van der Waals surface area contributed by atoms with Gasteiger partial charge >= 0.3 is 0 Å². The van der Waals surface area contributed by atoms with Crippen LogP contribution in [0.3, 0.4) is 0 Å². The summed E-state index contributed by atoms with van der Waals surface area (Å²) in [4.78, 5) is 32.7. The van der Waals surface area contributed by atoms with E-state index in [1.54, 1.807) is 18.3 Å². The number of hydrogen-bond donors (Lipinski definition) is 1. The largest absolute Gasteiger partial charge is 0.365 e. The van der Waals surface area contributed by atoms with E-state index in [-0.39, 0.29) is 11.3 Å². The zero-order valence-electron chi connectivity index (χ0n) is 15.6. The predicted molar refractivity (Wildman–Crippen MR) is 108 cm³/mol. The summed E-state index contributed by atoms with van der Waals surface area (Å²) in [6, 6.07) is 11.1. The van der Waals surface area contributed by atoms with Crippen molar-refractivity contribution in [2.75, 3.05) is 24.5 Å². The number of amides is 2. The zero-order valence-corrected chi connectivity index (χ0v) is 16.4. The molecule has 3 heterocycles. The Hall–Kier alpha value is -2.60. The third-order valence-corrected chi connectivity index (χ3v) is 6.12. The highest BCUT2D eigenvalue weighted by Crippen LogP contribution is 2.42. The van der Waals surface area contributed by atoms with Crippen molar-refractivity contribution < 1.29 is 9.59 Å². The molecule has 2 fully saturated rings. The second kappa shape index (κ2) is 7.43. The summed E-state index contributed by atoms with van der Waals surface area (Å²) in [5.41, 5.74) is 7.03. The lowest BCUT2D eigenvalue weighted by molar-refractivity contribution is -0.128. The molecule has 1 aromatic carbocycles. The van der Waals surface area contributed by atoms with Crippen molar-refractivity contribution in [2.45, 2.75) is 25.8 Å². The van der Waals surface area contributed by atoms with Crippen molar-refractivity contribution >= 4 is 29.2 Å². The van der Waals surface area contributed by atoms with Gasteiger partial charge in [-0.3, -0.25) is 9.59 Å². The molecule has 2 amide bonds.